The van der Waals surface area contributed by atoms with E-state index in [1.54, 1.807) is 29.1 Å². The molecule has 2 aromatic rings. The van der Waals surface area contributed by atoms with Gasteiger partial charge in [-0.05, 0) is 34.1 Å². The van der Waals surface area contributed by atoms with Crippen LogP contribution in [0.25, 0.3) is 0 Å². The lowest BCUT2D eigenvalue weighted by Crippen LogP contribution is -1.97. The molecule has 0 saturated carbocycles. The molecule has 2 N–H and O–H groups in total. The molecule has 0 aliphatic rings. The summed E-state index contributed by atoms with van der Waals surface area (Å²) in [5, 5.41) is 4.05. The van der Waals surface area contributed by atoms with E-state index in [2.05, 4.69) is 21.0 Å². The van der Waals surface area contributed by atoms with Crippen LogP contribution >= 0.6 is 15.9 Å². The van der Waals surface area contributed by atoms with Gasteiger partial charge in [-0.15, -0.1) is 0 Å². The molecule has 17 heavy (non-hydrogen) atoms. The Morgan fingerprint density at radius 3 is 2.88 bits per heavy atom. The summed E-state index contributed by atoms with van der Waals surface area (Å²) in [5.41, 5.74) is 7.25. The lowest BCUT2D eigenvalue weighted by molar-refractivity contribution is 0.682. The largest absolute Gasteiger partial charge is 0.399 e. The number of nitrogen functional groups attached to an aromatic ring is 1. The molecule has 1 aromatic heterocycles. The van der Waals surface area contributed by atoms with E-state index in [9.17, 15) is 4.21 Å². The number of nitrogens with two attached hydrogens (primary N) is 1. The molecule has 0 aliphatic carbocycles. The minimum absolute atomic E-state index is 0.455. The first-order valence-electron chi connectivity index (χ1n) is 4.97. The molecule has 1 atom stereocenters. The van der Waals surface area contributed by atoms with Crippen molar-refractivity contribution in [2.45, 2.75) is 10.6 Å². The highest BCUT2D eigenvalue weighted by Gasteiger charge is 2.10. The molecule has 4 nitrogen and oxygen atoms in total. The van der Waals surface area contributed by atoms with Gasteiger partial charge in [0.05, 0.1) is 27.6 Å². The van der Waals surface area contributed by atoms with Gasteiger partial charge in [0.1, 0.15) is 0 Å². The lowest BCUT2D eigenvalue weighted by Gasteiger charge is -2.04. The zero-order valence-electron chi connectivity index (χ0n) is 9.26. The molecule has 1 unspecified atom stereocenters. The van der Waals surface area contributed by atoms with Gasteiger partial charge in [-0.3, -0.25) is 8.89 Å². The number of benzene rings is 1. The highest BCUT2D eigenvalue weighted by atomic mass is 79.9. The Labute approximate surface area is 110 Å². The Morgan fingerprint density at radius 1 is 1.53 bits per heavy atom. The average Bonchev–Trinajstić information content (AvgIpc) is 2.63. The highest BCUT2D eigenvalue weighted by molar-refractivity contribution is 9.10. The standard InChI is InChI=1S/C11H12BrN3OS/c1-15-6-8(5-14-15)7-17(16)11-3-2-9(13)4-10(11)12/h2-6H,7,13H2,1H3. The molecule has 0 amide bonds. The van der Waals surface area contributed by atoms with Gasteiger partial charge in [-0.1, -0.05) is 0 Å². The number of halogens is 1. The monoisotopic (exact) mass is 313 g/mol. The van der Waals surface area contributed by atoms with Crippen LogP contribution in [0.2, 0.25) is 0 Å². The molecular weight excluding hydrogens is 302 g/mol. The van der Waals surface area contributed by atoms with Gasteiger partial charge in [-0.25, -0.2) is 0 Å². The maximum Gasteiger partial charge on any atom is 0.0586 e. The summed E-state index contributed by atoms with van der Waals surface area (Å²) in [5.74, 6) is 0.455. The zero-order valence-corrected chi connectivity index (χ0v) is 11.7. The van der Waals surface area contributed by atoms with Crippen molar-refractivity contribution in [3.05, 3.63) is 40.6 Å². The topological polar surface area (TPSA) is 60.9 Å². The van der Waals surface area contributed by atoms with Crippen molar-refractivity contribution in [3.63, 3.8) is 0 Å². The Morgan fingerprint density at radius 2 is 2.29 bits per heavy atom. The Kier molecular flexibility index (Phi) is 3.63. The van der Waals surface area contributed by atoms with Crippen molar-refractivity contribution in [3.8, 4) is 0 Å². The van der Waals surface area contributed by atoms with E-state index in [-0.39, 0.29) is 0 Å². The molecule has 0 aliphatic heterocycles. The first kappa shape index (κ1) is 12.3. The van der Waals surface area contributed by atoms with E-state index in [1.165, 1.54) is 0 Å². The van der Waals surface area contributed by atoms with Gasteiger partial charge in [0, 0.05) is 29.0 Å². The van der Waals surface area contributed by atoms with Crippen LogP contribution in [0.15, 0.2) is 40.0 Å². The first-order valence-corrected chi connectivity index (χ1v) is 7.08. The Balaban J connectivity index is 2.20. The van der Waals surface area contributed by atoms with E-state index in [0.717, 1.165) is 14.9 Å². The van der Waals surface area contributed by atoms with Gasteiger partial charge in [0.25, 0.3) is 0 Å². The smallest absolute Gasteiger partial charge is 0.0586 e. The molecule has 0 bridgehead atoms. The quantitative estimate of drug-likeness (QED) is 0.882. The van der Waals surface area contributed by atoms with Crippen LogP contribution < -0.4 is 5.73 Å². The fourth-order valence-electron chi connectivity index (χ4n) is 1.48. The second kappa shape index (κ2) is 5.01. The van der Waals surface area contributed by atoms with Crippen molar-refractivity contribution < 1.29 is 4.21 Å². The van der Waals surface area contributed by atoms with Crippen molar-refractivity contribution in [1.82, 2.24) is 9.78 Å². The fraction of sp³-hybridized carbons (Fsp3) is 0.182. The Bertz CT molecular complexity index is 568. The predicted molar refractivity (Wildman–Crippen MR) is 71.9 cm³/mol. The number of aryl methyl sites for hydroxylation is 1. The molecule has 2 rings (SSSR count). The summed E-state index contributed by atoms with van der Waals surface area (Å²) in [6.07, 6.45) is 3.59. The van der Waals surface area contributed by atoms with Crippen molar-refractivity contribution in [1.29, 1.82) is 0 Å². The van der Waals surface area contributed by atoms with Crippen LogP contribution in [0.5, 0.6) is 0 Å². The van der Waals surface area contributed by atoms with Crippen molar-refractivity contribution in [2.24, 2.45) is 7.05 Å². The van der Waals surface area contributed by atoms with Crippen LogP contribution in [0.3, 0.4) is 0 Å². The number of hydrogen-bond acceptors (Lipinski definition) is 3. The molecule has 0 fully saturated rings. The minimum atomic E-state index is -1.10. The lowest BCUT2D eigenvalue weighted by atomic mass is 10.3. The van der Waals surface area contributed by atoms with E-state index in [1.807, 2.05) is 13.2 Å². The summed E-state index contributed by atoms with van der Waals surface area (Å²) in [4.78, 5) is 0.753. The molecule has 1 heterocycles. The number of nitrogens with zero attached hydrogens (tertiary/aromatic N) is 2. The molecule has 90 valence electrons. The second-order valence-corrected chi connectivity index (χ2v) is 5.98. The third-order valence-corrected chi connectivity index (χ3v) is 4.62. The summed E-state index contributed by atoms with van der Waals surface area (Å²) in [6.45, 7) is 0. The van der Waals surface area contributed by atoms with Gasteiger partial charge in [0.2, 0.25) is 0 Å². The van der Waals surface area contributed by atoms with E-state index < -0.39 is 10.8 Å². The molecule has 6 heteroatoms. The SMILES string of the molecule is Cn1cc(CS(=O)c2ccc(N)cc2Br)cn1. The van der Waals surface area contributed by atoms with E-state index in [0.29, 0.717) is 11.4 Å². The number of hydrogen-bond donors (Lipinski definition) is 1. The Hall–Kier alpha value is -1.14. The van der Waals surface area contributed by atoms with E-state index in [4.69, 9.17) is 5.73 Å². The first-order chi connectivity index (χ1) is 8.06. The molecule has 0 radical (unpaired) electrons. The second-order valence-electron chi connectivity index (χ2n) is 3.70. The third kappa shape index (κ3) is 2.95. The van der Waals surface area contributed by atoms with Crippen LogP contribution in [0.1, 0.15) is 5.56 Å². The summed E-state index contributed by atoms with van der Waals surface area (Å²) in [7, 11) is 0.742. The maximum atomic E-state index is 12.2. The molecule has 1 aromatic carbocycles. The van der Waals surface area contributed by atoms with Crippen LogP contribution in [0.4, 0.5) is 5.69 Å². The molecular formula is C11H12BrN3OS. The van der Waals surface area contributed by atoms with Crippen molar-refractivity contribution >= 4 is 32.4 Å². The summed E-state index contributed by atoms with van der Waals surface area (Å²) >= 11 is 3.37. The summed E-state index contributed by atoms with van der Waals surface area (Å²) < 4.78 is 14.6. The summed E-state index contributed by atoms with van der Waals surface area (Å²) in [6, 6.07) is 5.30. The highest BCUT2D eigenvalue weighted by Crippen LogP contribution is 2.24. The van der Waals surface area contributed by atoms with Gasteiger partial charge in [0.15, 0.2) is 0 Å². The van der Waals surface area contributed by atoms with Crippen LogP contribution in [-0.2, 0) is 23.6 Å². The van der Waals surface area contributed by atoms with Crippen LogP contribution in [-0.4, -0.2) is 14.0 Å². The number of aromatic nitrogens is 2. The molecule has 0 saturated heterocycles. The number of rotatable bonds is 3. The van der Waals surface area contributed by atoms with Gasteiger partial charge in [-0.2, -0.15) is 5.10 Å². The third-order valence-electron chi connectivity index (χ3n) is 2.26. The average molecular weight is 314 g/mol. The van der Waals surface area contributed by atoms with Gasteiger partial charge < -0.3 is 5.73 Å². The fourth-order valence-corrected chi connectivity index (χ4v) is 3.52. The normalized spacial score (nSPS) is 12.6. The molecule has 0 spiro atoms. The minimum Gasteiger partial charge on any atom is -0.399 e. The van der Waals surface area contributed by atoms with Crippen molar-refractivity contribution in [2.75, 3.05) is 5.73 Å². The van der Waals surface area contributed by atoms with Gasteiger partial charge >= 0.3 is 0 Å². The maximum absolute atomic E-state index is 12.2. The van der Waals surface area contributed by atoms with E-state index >= 15 is 0 Å². The van der Waals surface area contributed by atoms with Crippen LogP contribution in [0, 0.1) is 0 Å². The predicted octanol–water partition coefficient (Wildman–Crippen LogP) is 2.07. The zero-order chi connectivity index (χ0) is 12.4. The number of anilines is 1.